The van der Waals surface area contributed by atoms with Crippen molar-refractivity contribution in [2.75, 3.05) is 19.0 Å². The van der Waals surface area contributed by atoms with Crippen molar-refractivity contribution >= 4 is 17.3 Å². The van der Waals surface area contributed by atoms with Gasteiger partial charge in [0.05, 0.1) is 17.1 Å². The molecule has 0 saturated heterocycles. The first-order valence-electron chi connectivity index (χ1n) is 4.74. The van der Waals surface area contributed by atoms with Crippen LogP contribution in [0.5, 0.6) is 0 Å². The predicted octanol–water partition coefficient (Wildman–Crippen LogP) is 1.81. The molecule has 1 aromatic carbocycles. The number of carbonyl (C=O) groups is 1. The van der Waals surface area contributed by atoms with Crippen LogP contribution in [-0.2, 0) is 4.74 Å². The molecule has 1 rings (SSSR count). The molecule has 0 atom stereocenters. The molecule has 0 saturated carbocycles. The number of nitro benzene ring substituents is 1. The molecule has 6 heteroatoms. The van der Waals surface area contributed by atoms with Crippen LogP contribution in [0.1, 0.15) is 17.3 Å². The maximum absolute atomic E-state index is 11.5. The van der Waals surface area contributed by atoms with Gasteiger partial charge >= 0.3 is 5.97 Å². The third-order valence-corrected chi connectivity index (χ3v) is 1.98. The lowest BCUT2D eigenvalue weighted by Gasteiger charge is -2.08. The third kappa shape index (κ3) is 2.28. The van der Waals surface area contributed by atoms with E-state index in [1.807, 2.05) is 0 Å². The highest BCUT2D eigenvalue weighted by Gasteiger charge is 2.20. The molecule has 0 aliphatic rings. The number of nitro groups is 1. The second-order valence-corrected chi connectivity index (χ2v) is 2.93. The number of hydrogen-bond acceptors (Lipinski definition) is 5. The molecule has 0 heterocycles. The summed E-state index contributed by atoms with van der Waals surface area (Å²) in [5, 5.41) is 13.4. The fourth-order valence-corrected chi connectivity index (χ4v) is 1.33. The molecule has 0 radical (unpaired) electrons. The molecule has 16 heavy (non-hydrogen) atoms. The van der Waals surface area contributed by atoms with E-state index in [-0.39, 0.29) is 23.5 Å². The minimum Gasteiger partial charge on any atom is -0.462 e. The Kier molecular flexibility index (Phi) is 3.82. The van der Waals surface area contributed by atoms with Gasteiger partial charge in [0.15, 0.2) is 0 Å². The number of ether oxygens (including phenoxy) is 1. The van der Waals surface area contributed by atoms with E-state index in [0.717, 1.165) is 0 Å². The van der Waals surface area contributed by atoms with Gasteiger partial charge in [-0.3, -0.25) is 10.1 Å². The van der Waals surface area contributed by atoms with E-state index in [1.54, 1.807) is 6.92 Å². The van der Waals surface area contributed by atoms with Crippen LogP contribution in [0.25, 0.3) is 0 Å². The lowest BCUT2D eigenvalue weighted by atomic mass is 10.1. The summed E-state index contributed by atoms with van der Waals surface area (Å²) < 4.78 is 4.80. The van der Waals surface area contributed by atoms with Gasteiger partial charge in [0, 0.05) is 13.1 Å². The molecule has 0 amide bonds. The van der Waals surface area contributed by atoms with Crippen LogP contribution in [0.2, 0.25) is 0 Å². The van der Waals surface area contributed by atoms with Gasteiger partial charge in [-0.05, 0) is 13.0 Å². The SMILES string of the molecule is CCOC(=O)c1cccc([N+](=O)[O-])c1NC. The number of anilines is 1. The zero-order valence-corrected chi connectivity index (χ0v) is 9.02. The van der Waals surface area contributed by atoms with E-state index in [0.29, 0.717) is 0 Å². The van der Waals surface area contributed by atoms with Gasteiger partial charge in [-0.15, -0.1) is 0 Å². The molecule has 0 aliphatic heterocycles. The van der Waals surface area contributed by atoms with E-state index in [2.05, 4.69) is 5.32 Å². The van der Waals surface area contributed by atoms with Crippen molar-refractivity contribution in [3.05, 3.63) is 33.9 Å². The lowest BCUT2D eigenvalue weighted by Crippen LogP contribution is -2.09. The molecular weight excluding hydrogens is 212 g/mol. The first-order chi connectivity index (χ1) is 7.61. The van der Waals surface area contributed by atoms with Crippen molar-refractivity contribution in [1.29, 1.82) is 0 Å². The summed E-state index contributed by atoms with van der Waals surface area (Å²) in [5.74, 6) is -0.574. The normalized spacial score (nSPS) is 9.62. The second kappa shape index (κ2) is 5.11. The van der Waals surface area contributed by atoms with Gasteiger partial charge in [0.1, 0.15) is 5.69 Å². The Labute approximate surface area is 92.4 Å². The summed E-state index contributed by atoms with van der Waals surface area (Å²) in [6.45, 7) is 1.90. The van der Waals surface area contributed by atoms with Gasteiger partial charge in [0.25, 0.3) is 5.69 Å². The van der Waals surface area contributed by atoms with E-state index in [1.165, 1.54) is 25.2 Å². The van der Waals surface area contributed by atoms with Crippen LogP contribution in [0.3, 0.4) is 0 Å². The monoisotopic (exact) mass is 224 g/mol. The molecule has 86 valence electrons. The zero-order chi connectivity index (χ0) is 12.1. The summed E-state index contributed by atoms with van der Waals surface area (Å²) in [7, 11) is 1.52. The van der Waals surface area contributed by atoms with Crippen molar-refractivity contribution < 1.29 is 14.5 Å². The minimum atomic E-state index is -0.574. The highest BCUT2D eigenvalue weighted by Crippen LogP contribution is 2.28. The van der Waals surface area contributed by atoms with Gasteiger partial charge < -0.3 is 10.1 Å². The average Bonchev–Trinajstić information content (AvgIpc) is 2.28. The van der Waals surface area contributed by atoms with Gasteiger partial charge in [-0.1, -0.05) is 6.07 Å². The van der Waals surface area contributed by atoms with Crippen molar-refractivity contribution in [3.8, 4) is 0 Å². The first kappa shape index (κ1) is 12.0. The van der Waals surface area contributed by atoms with Crippen LogP contribution >= 0.6 is 0 Å². The Bertz CT molecular complexity index is 417. The summed E-state index contributed by atoms with van der Waals surface area (Å²) >= 11 is 0. The van der Waals surface area contributed by atoms with E-state index >= 15 is 0 Å². The van der Waals surface area contributed by atoms with E-state index in [9.17, 15) is 14.9 Å². The Hall–Kier alpha value is -2.11. The minimum absolute atomic E-state index is 0.145. The summed E-state index contributed by atoms with van der Waals surface area (Å²) in [6.07, 6.45) is 0. The highest BCUT2D eigenvalue weighted by molar-refractivity contribution is 5.98. The third-order valence-electron chi connectivity index (χ3n) is 1.98. The van der Waals surface area contributed by atoms with Crippen LogP contribution in [0.4, 0.5) is 11.4 Å². The lowest BCUT2D eigenvalue weighted by molar-refractivity contribution is -0.384. The topological polar surface area (TPSA) is 81.5 Å². The standard InChI is InChI=1S/C10H12N2O4/c1-3-16-10(13)7-5-4-6-8(12(14)15)9(7)11-2/h4-6,11H,3H2,1-2H3. The summed E-state index contributed by atoms with van der Waals surface area (Å²) in [5.41, 5.74) is 0.192. The van der Waals surface area contributed by atoms with Crippen LogP contribution < -0.4 is 5.32 Å². The van der Waals surface area contributed by atoms with Crippen molar-refractivity contribution in [3.63, 3.8) is 0 Å². The molecule has 1 aromatic rings. The smallest absolute Gasteiger partial charge is 0.340 e. The Morgan fingerprint density at radius 2 is 2.25 bits per heavy atom. The molecular formula is C10H12N2O4. The quantitative estimate of drug-likeness (QED) is 0.479. The second-order valence-electron chi connectivity index (χ2n) is 2.93. The van der Waals surface area contributed by atoms with Crippen LogP contribution in [0, 0.1) is 10.1 Å². The molecule has 0 bridgehead atoms. The zero-order valence-electron chi connectivity index (χ0n) is 9.02. The van der Waals surface area contributed by atoms with Gasteiger partial charge in [-0.25, -0.2) is 4.79 Å². The van der Waals surface area contributed by atoms with Crippen molar-refractivity contribution in [2.24, 2.45) is 0 Å². The molecule has 0 unspecified atom stereocenters. The predicted molar refractivity (Wildman–Crippen MR) is 58.6 cm³/mol. The number of carbonyl (C=O) groups excluding carboxylic acids is 1. The summed E-state index contributed by atoms with van der Waals surface area (Å²) in [6, 6.07) is 4.26. The Morgan fingerprint density at radius 1 is 1.56 bits per heavy atom. The van der Waals surface area contributed by atoms with Crippen molar-refractivity contribution in [1.82, 2.24) is 0 Å². The van der Waals surface area contributed by atoms with Gasteiger partial charge in [0.2, 0.25) is 0 Å². The molecule has 0 aromatic heterocycles. The number of hydrogen-bond donors (Lipinski definition) is 1. The fourth-order valence-electron chi connectivity index (χ4n) is 1.33. The number of benzene rings is 1. The Morgan fingerprint density at radius 3 is 2.75 bits per heavy atom. The van der Waals surface area contributed by atoms with Gasteiger partial charge in [-0.2, -0.15) is 0 Å². The maximum Gasteiger partial charge on any atom is 0.340 e. The number of rotatable bonds is 4. The largest absolute Gasteiger partial charge is 0.462 e. The highest BCUT2D eigenvalue weighted by atomic mass is 16.6. The molecule has 6 nitrogen and oxygen atoms in total. The van der Waals surface area contributed by atoms with E-state index < -0.39 is 10.9 Å². The first-order valence-corrected chi connectivity index (χ1v) is 4.74. The Balaban J connectivity index is 3.24. The summed E-state index contributed by atoms with van der Waals surface area (Å²) in [4.78, 5) is 21.7. The fraction of sp³-hybridized carbons (Fsp3) is 0.300. The maximum atomic E-state index is 11.5. The van der Waals surface area contributed by atoms with E-state index in [4.69, 9.17) is 4.74 Å². The molecule has 1 N–H and O–H groups in total. The van der Waals surface area contributed by atoms with Crippen LogP contribution in [0.15, 0.2) is 18.2 Å². The number of nitrogens with zero attached hydrogens (tertiary/aromatic N) is 1. The number of esters is 1. The van der Waals surface area contributed by atoms with Crippen LogP contribution in [-0.4, -0.2) is 24.5 Å². The average molecular weight is 224 g/mol. The number of nitrogens with one attached hydrogen (secondary N) is 1. The number of para-hydroxylation sites is 1. The molecule has 0 fully saturated rings. The molecule has 0 spiro atoms. The molecule has 0 aliphatic carbocycles. The van der Waals surface area contributed by atoms with Crippen molar-refractivity contribution in [2.45, 2.75) is 6.92 Å².